The average molecular weight is 537 g/mol. The summed E-state index contributed by atoms with van der Waals surface area (Å²) >= 11 is 1.25. The normalized spacial score (nSPS) is 13.9. The van der Waals surface area contributed by atoms with Gasteiger partial charge in [-0.2, -0.15) is 5.21 Å². The maximum absolute atomic E-state index is 12.2. The number of tetrazole rings is 1. The summed E-state index contributed by atoms with van der Waals surface area (Å²) in [4.78, 5) is 30.0. The summed E-state index contributed by atoms with van der Waals surface area (Å²) in [7, 11) is 2.13. The molecular weight excluding hydrogens is 506 g/mol. The van der Waals surface area contributed by atoms with Gasteiger partial charge in [0.15, 0.2) is 11.6 Å². The summed E-state index contributed by atoms with van der Waals surface area (Å²) in [5, 5.41) is 21.4. The molecule has 0 saturated carbocycles. The third-order valence-corrected chi connectivity index (χ3v) is 7.16. The molecule has 0 bridgehead atoms. The van der Waals surface area contributed by atoms with Gasteiger partial charge in [-0.1, -0.05) is 40.6 Å². The van der Waals surface area contributed by atoms with E-state index in [9.17, 15) is 4.79 Å². The van der Waals surface area contributed by atoms with Crippen molar-refractivity contribution in [3.8, 4) is 11.4 Å². The minimum absolute atomic E-state index is 0.316. The van der Waals surface area contributed by atoms with Crippen LogP contribution in [0.5, 0.6) is 0 Å². The number of hydrogen-bond acceptors (Lipinski definition) is 12. The molecule has 1 saturated heterocycles. The number of thiazole rings is 1. The number of nitrogens with zero attached hydrogens (tertiary/aromatic N) is 7. The highest BCUT2D eigenvalue weighted by molar-refractivity contribution is 7.17. The van der Waals surface area contributed by atoms with Crippen molar-refractivity contribution in [2.75, 3.05) is 55.4 Å². The van der Waals surface area contributed by atoms with Crippen molar-refractivity contribution < 1.29 is 14.5 Å². The van der Waals surface area contributed by atoms with Gasteiger partial charge in [0.1, 0.15) is 4.88 Å². The van der Waals surface area contributed by atoms with Crippen molar-refractivity contribution >= 4 is 40.0 Å². The molecule has 1 aliphatic heterocycles. The molecule has 38 heavy (non-hydrogen) atoms. The van der Waals surface area contributed by atoms with E-state index in [1.54, 1.807) is 13.8 Å². The van der Waals surface area contributed by atoms with Crippen LogP contribution in [0.25, 0.3) is 11.4 Å². The zero-order valence-electron chi connectivity index (χ0n) is 21.5. The summed E-state index contributed by atoms with van der Waals surface area (Å²) in [5.74, 6) is 2.37. The zero-order valence-corrected chi connectivity index (χ0v) is 22.3. The first-order valence-corrected chi connectivity index (χ1v) is 13.2. The Morgan fingerprint density at radius 1 is 1.18 bits per heavy atom. The number of rotatable bonds is 9. The summed E-state index contributed by atoms with van der Waals surface area (Å²) in [6.45, 7) is 8.22. The number of aromatic nitrogens is 7. The Kier molecular flexibility index (Phi) is 7.70. The van der Waals surface area contributed by atoms with E-state index in [4.69, 9.17) is 9.72 Å². The molecule has 0 aliphatic carbocycles. The number of esters is 1. The Labute approximate surface area is 223 Å². The van der Waals surface area contributed by atoms with Gasteiger partial charge in [0, 0.05) is 25.2 Å². The predicted molar refractivity (Wildman–Crippen MR) is 144 cm³/mol. The van der Waals surface area contributed by atoms with Crippen molar-refractivity contribution in [3.05, 3.63) is 46.5 Å². The van der Waals surface area contributed by atoms with E-state index < -0.39 is 0 Å². The van der Waals surface area contributed by atoms with Crippen molar-refractivity contribution in [1.82, 2.24) is 35.5 Å². The van der Waals surface area contributed by atoms with Crippen LogP contribution in [0.4, 0.5) is 22.7 Å². The van der Waals surface area contributed by atoms with E-state index in [1.165, 1.54) is 11.3 Å². The number of carbonyl (C=O) groups excluding carboxylic acids is 1. The Balaban J connectivity index is 1.35. The highest BCUT2D eigenvalue weighted by Gasteiger charge is 2.23. The lowest BCUT2D eigenvalue weighted by Gasteiger charge is -2.30. The summed E-state index contributed by atoms with van der Waals surface area (Å²) in [6, 6.07) is 9.97. The molecule has 1 aliphatic rings. The number of likely N-dealkylation sites (N-methyl/N-ethyl adjacent to an activating group) is 1. The Bertz CT molecular complexity index is 1370. The van der Waals surface area contributed by atoms with Crippen LogP contribution in [0.3, 0.4) is 0 Å². The second kappa shape index (κ2) is 11.5. The number of benzene rings is 1. The van der Waals surface area contributed by atoms with Crippen LogP contribution in [0.2, 0.25) is 0 Å². The molecule has 0 atom stereocenters. The molecule has 3 aromatic heterocycles. The van der Waals surface area contributed by atoms with Gasteiger partial charge in [0.05, 0.1) is 31.5 Å². The average Bonchev–Trinajstić information content (AvgIpc) is 3.58. The molecular formula is C24H30N11O2S+. The fourth-order valence-electron chi connectivity index (χ4n) is 4.02. The van der Waals surface area contributed by atoms with Crippen LogP contribution in [0, 0.1) is 6.92 Å². The lowest BCUT2D eigenvalue weighted by Crippen LogP contribution is -2.46. The maximum Gasteiger partial charge on any atom is 0.353 e. The molecule has 0 amide bonds. The summed E-state index contributed by atoms with van der Waals surface area (Å²) < 4.78 is 5.15. The topological polar surface area (TPSA) is 151 Å². The van der Waals surface area contributed by atoms with Gasteiger partial charge >= 0.3 is 11.9 Å². The molecule has 0 radical (unpaired) electrons. The largest absolute Gasteiger partial charge is 0.462 e. The minimum atomic E-state index is -0.369. The molecule has 0 spiro atoms. The number of aryl methyl sites for hydroxylation is 1. The third kappa shape index (κ3) is 6.03. The van der Waals surface area contributed by atoms with Gasteiger partial charge in [-0.15, -0.1) is 10.2 Å². The molecule has 1 aromatic carbocycles. The lowest BCUT2D eigenvalue weighted by atomic mass is 10.1. The van der Waals surface area contributed by atoms with Crippen molar-refractivity contribution in [2.45, 2.75) is 20.4 Å². The SMILES string of the molecule is CCOC(=O)c1sc(Nc2nc(NCc3ccc(-c4nn[nH]n4)cc3)cc(N3CCN(C)CC3)[nH+]2)nc1C. The smallest absolute Gasteiger partial charge is 0.353 e. The van der Waals surface area contributed by atoms with Crippen LogP contribution in [0.15, 0.2) is 30.3 Å². The summed E-state index contributed by atoms with van der Waals surface area (Å²) in [6.07, 6.45) is 0. The van der Waals surface area contributed by atoms with Gasteiger partial charge < -0.3 is 19.9 Å². The lowest BCUT2D eigenvalue weighted by molar-refractivity contribution is -0.350. The molecule has 13 nitrogen and oxygen atoms in total. The van der Waals surface area contributed by atoms with E-state index in [0.29, 0.717) is 46.4 Å². The molecule has 4 heterocycles. The highest BCUT2D eigenvalue weighted by Crippen LogP contribution is 2.26. The van der Waals surface area contributed by atoms with Crippen LogP contribution in [-0.2, 0) is 11.3 Å². The Morgan fingerprint density at radius 2 is 1.97 bits per heavy atom. The molecule has 14 heteroatoms. The maximum atomic E-state index is 12.2. The molecule has 1 fully saturated rings. The minimum Gasteiger partial charge on any atom is -0.462 e. The van der Waals surface area contributed by atoms with E-state index in [1.807, 2.05) is 30.3 Å². The third-order valence-electron chi connectivity index (χ3n) is 6.11. The molecule has 4 aromatic rings. The molecule has 0 unspecified atom stereocenters. The highest BCUT2D eigenvalue weighted by atomic mass is 32.1. The number of ether oxygens (including phenoxy) is 1. The van der Waals surface area contributed by atoms with Gasteiger partial charge in [-0.25, -0.2) is 20.1 Å². The predicted octanol–water partition coefficient (Wildman–Crippen LogP) is 2.12. The van der Waals surface area contributed by atoms with Crippen LogP contribution >= 0.6 is 11.3 Å². The number of H-pyrrole nitrogens is 2. The first-order valence-electron chi connectivity index (χ1n) is 12.3. The van der Waals surface area contributed by atoms with Gasteiger partial charge in [0.25, 0.3) is 0 Å². The number of carbonyl (C=O) groups is 1. The van der Waals surface area contributed by atoms with Crippen LogP contribution in [0.1, 0.15) is 27.9 Å². The first-order chi connectivity index (χ1) is 18.5. The quantitative estimate of drug-likeness (QED) is 0.270. The van der Waals surface area contributed by atoms with Gasteiger partial charge in [-0.3, -0.25) is 0 Å². The number of nitrogens with one attached hydrogen (secondary N) is 4. The van der Waals surface area contributed by atoms with Gasteiger partial charge in [0.2, 0.25) is 11.0 Å². The molecule has 4 N–H and O–H groups in total. The van der Waals surface area contributed by atoms with E-state index in [2.05, 4.69) is 58.1 Å². The number of anilines is 4. The summed E-state index contributed by atoms with van der Waals surface area (Å²) in [5.41, 5.74) is 2.59. The number of hydrogen-bond donors (Lipinski definition) is 3. The second-order valence-electron chi connectivity index (χ2n) is 8.86. The zero-order chi connectivity index (χ0) is 26.5. The van der Waals surface area contributed by atoms with E-state index in [-0.39, 0.29) is 5.97 Å². The molecule has 198 valence electrons. The number of aromatic amines is 2. The fraction of sp³-hybridized carbons (Fsp3) is 0.375. The van der Waals surface area contributed by atoms with E-state index >= 15 is 0 Å². The van der Waals surface area contributed by atoms with Crippen molar-refractivity contribution in [1.29, 1.82) is 0 Å². The van der Waals surface area contributed by atoms with E-state index in [0.717, 1.165) is 43.1 Å². The standard InChI is InChI=1S/C24H29N11O2S/c1-4-37-22(36)20-15(2)26-24(38-20)29-23-27-18(13-19(28-23)35-11-9-34(3)10-12-35)25-14-16-5-7-17(8-6-16)21-30-32-33-31-21/h5-8,13H,4,9-12,14H2,1-3H3,(H,30,31,32,33)(H2,25,26,27,28,29)/p+1. The Morgan fingerprint density at radius 3 is 2.68 bits per heavy atom. The number of piperazine rings is 1. The Hall–Kier alpha value is -4.17. The first kappa shape index (κ1) is 25.5. The van der Waals surface area contributed by atoms with Crippen LogP contribution in [-0.4, -0.2) is 81.3 Å². The monoisotopic (exact) mass is 536 g/mol. The van der Waals surface area contributed by atoms with Crippen molar-refractivity contribution in [2.24, 2.45) is 0 Å². The molecule has 5 rings (SSSR count). The van der Waals surface area contributed by atoms with Crippen molar-refractivity contribution in [3.63, 3.8) is 0 Å². The second-order valence-corrected chi connectivity index (χ2v) is 9.85. The van der Waals surface area contributed by atoms with Crippen LogP contribution < -0.4 is 20.5 Å². The fourth-order valence-corrected chi connectivity index (χ4v) is 4.88. The van der Waals surface area contributed by atoms with Gasteiger partial charge in [-0.05, 0) is 31.7 Å².